The lowest BCUT2D eigenvalue weighted by Crippen LogP contribution is -1.98. The normalized spacial score (nSPS) is 11.2. The van der Waals surface area contributed by atoms with Crippen LogP contribution in [0.15, 0.2) is 17.2 Å². The van der Waals surface area contributed by atoms with Crippen molar-refractivity contribution in [1.29, 1.82) is 0 Å². The van der Waals surface area contributed by atoms with E-state index in [1.807, 2.05) is 13.8 Å². The third-order valence-corrected chi connectivity index (χ3v) is 3.26. The van der Waals surface area contributed by atoms with Crippen LogP contribution in [0.2, 0.25) is 5.02 Å². The van der Waals surface area contributed by atoms with E-state index in [2.05, 4.69) is 15.3 Å². The van der Waals surface area contributed by atoms with Crippen molar-refractivity contribution < 1.29 is 9.84 Å². The molecule has 2 aromatic rings. The van der Waals surface area contributed by atoms with Crippen molar-refractivity contribution in [2.75, 3.05) is 6.61 Å². The van der Waals surface area contributed by atoms with E-state index in [1.54, 1.807) is 18.3 Å². The summed E-state index contributed by atoms with van der Waals surface area (Å²) in [5.41, 5.74) is 0.686. The van der Waals surface area contributed by atoms with Gasteiger partial charge in [0.25, 0.3) is 0 Å². The van der Waals surface area contributed by atoms with Crippen LogP contribution in [0.1, 0.15) is 25.2 Å². The fourth-order valence-corrected chi connectivity index (χ4v) is 2.15. The van der Waals surface area contributed by atoms with Crippen molar-refractivity contribution in [3.05, 3.63) is 33.3 Å². The average Bonchev–Trinajstić information content (AvgIpc) is 2.82. The Morgan fingerprint density at radius 1 is 1.52 bits per heavy atom. The van der Waals surface area contributed by atoms with Gasteiger partial charge in [0.2, 0.25) is 4.77 Å². The van der Waals surface area contributed by atoms with Crippen LogP contribution in [0.3, 0.4) is 0 Å². The van der Waals surface area contributed by atoms with Crippen molar-refractivity contribution >= 4 is 30.0 Å². The summed E-state index contributed by atoms with van der Waals surface area (Å²) in [6, 6.07) is 3.25. The number of ether oxygens (including phenoxy) is 1. The molecule has 1 aromatic carbocycles. The predicted molar refractivity (Wildman–Crippen MR) is 84.1 cm³/mol. The highest BCUT2D eigenvalue weighted by Gasteiger charge is 2.09. The van der Waals surface area contributed by atoms with Gasteiger partial charge in [-0.25, -0.2) is 0 Å². The SMILES string of the molecule is CCOc1cc(C=Nn2c(CC)n[nH]c2=S)cc(Cl)c1O. The molecule has 2 rings (SSSR count). The molecule has 1 aromatic heterocycles. The molecule has 21 heavy (non-hydrogen) atoms. The Morgan fingerprint density at radius 3 is 2.95 bits per heavy atom. The first kappa shape index (κ1) is 15.5. The van der Waals surface area contributed by atoms with Gasteiger partial charge < -0.3 is 9.84 Å². The van der Waals surface area contributed by atoms with E-state index in [0.29, 0.717) is 29.1 Å². The number of aromatic hydroxyl groups is 1. The molecule has 0 atom stereocenters. The zero-order chi connectivity index (χ0) is 15.4. The van der Waals surface area contributed by atoms with E-state index in [4.69, 9.17) is 28.6 Å². The van der Waals surface area contributed by atoms with Gasteiger partial charge in [-0.05, 0) is 36.8 Å². The largest absolute Gasteiger partial charge is 0.503 e. The van der Waals surface area contributed by atoms with Crippen LogP contribution >= 0.6 is 23.8 Å². The van der Waals surface area contributed by atoms with E-state index in [9.17, 15) is 5.11 Å². The maximum absolute atomic E-state index is 9.79. The summed E-state index contributed by atoms with van der Waals surface area (Å²) in [5, 5.41) is 21.0. The van der Waals surface area contributed by atoms with Crippen LogP contribution in [-0.2, 0) is 6.42 Å². The van der Waals surface area contributed by atoms with E-state index in [-0.39, 0.29) is 10.8 Å². The van der Waals surface area contributed by atoms with Gasteiger partial charge in [0.15, 0.2) is 17.3 Å². The molecule has 1 heterocycles. The molecule has 0 saturated carbocycles. The quantitative estimate of drug-likeness (QED) is 0.653. The number of H-pyrrole nitrogens is 1. The smallest absolute Gasteiger partial charge is 0.216 e. The van der Waals surface area contributed by atoms with Crippen LogP contribution in [0.5, 0.6) is 11.5 Å². The molecule has 0 unspecified atom stereocenters. The van der Waals surface area contributed by atoms with Crippen molar-refractivity contribution in [2.45, 2.75) is 20.3 Å². The number of aromatic amines is 1. The lowest BCUT2D eigenvalue weighted by molar-refractivity contribution is 0.318. The Hall–Kier alpha value is -1.86. The molecule has 0 fully saturated rings. The second-order valence-electron chi connectivity index (χ2n) is 4.14. The fraction of sp³-hybridized carbons (Fsp3) is 0.308. The summed E-state index contributed by atoms with van der Waals surface area (Å²) in [6.45, 7) is 4.21. The van der Waals surface area contributed by atoms with E-state index in [1.165, 1.54) is 4.68 Å². The van der Waals surface area contributed by atoms with Gasteiger partial charge in [-0.2, -0.15) is 14.9 Å². The summed E-state index contributed by atoms with van der Waals surface area (Å²) in [7, 11) is 0. The molecule has 0 amide bonds. The van der Waals surface area contributed by atoms with Crippen LogP contribution in [0.4, 0.5) is 0 Å². The number of nitrogens with one attached hydrogen (secondary N) is 1. The monoisotopic (exact) mass is 326 g/mol. The van der Waals surface area contributed by atoms with Crippen LogP contribution in [0, 0.1) is 4.77 Å². The second-order valence-corrected chi connectivity index (χ2v) is 4.93. The first-order valence-corrected chi connectivity index (χ1v) is 7.21. The molecule has 6 nitrogen and oxygen atoms in total. The molecule has 0 aliphatic heterocycles. The minimum absolute atomic E-state index is 0.0789. The maximum atomic E-state index is 9.79. The number of aryl methyl sites for hydroxylation is 1. The highest BCUT2D eigenvalue weighted by atomic mass is 35.5. The van der Waals surface area contributed by atoms with Gasteiger partial charge in [-0.15, -0.1) is 0 Å². The van der Waals surface area contributed by atoms with Crippen LogP contribution in [-0.4, -0.2) is 32.8 Å². The van der Waals surface area contributed by atoms with Gasteiger partial charge in [-0.1, -0.05) is 18.5 Å². The molecule has 8 heteroatoms. The second kappa shape index (κ2) is 6.73. The molecule has 112 valence electrons. The predicted octanol–water partition coefficient (Wildman–Crippen LogP) is 3.14. The minimum atomic E-state index is -0.0789. The van der Waals surface area contributed by atoms with E-state index in [0.717, 1.165) is 5.82 Å². The first-order valence-electron chi connectivity index (χ1n) is 6.42. The molecule has 0 aliphatic carbocycles. The van der Waals surface area contributed by atoms with Crippen molar-refractivity contribution in [1.82, 2.24) is 14.9 Å². The molecule has 0 saturated heterocycles. The highest BCUT2D eigenvalue weighted by molar-refractivity contribution is 7.71. The number of hydrogen-bond acceptors (Lipinski definition) is 5. The highest BCUT2D eigenvalue weighted by Crippen LogP contribution is 2.34. The lowest BCUT2D eigenvalue weighted by Gasteiger charge is -2.08. The number of phenolic OH excluding ortho intramolecular Hbond substituents is 1. The zero-order valence-corrected chi connectivity index (χ0v) is 13.2. The summed E-state index contributed by atoms with van der Waals surface area (Å²) >= 11 is 11.1. The van der Waals surface area contributed by atoms with Crippen molar-refractivity contribution in [2.24, 2.45) is 5.10 Å². The Labute approximate surface area is 132 Å². The minimum Gasteiger partial charge on any atom is -0.503 e. The number of nitrogens with zero attached hydrogens (tertiary/aromatic N) is 3. The number of aromatic nitrogens is 3. The van der Waals surface area contributed by atoms with Crippen LogP contribution in [0.25, 0.3) is 0 Å². The number of rotatable bonds is 5. The van der Waals surface area contributed by atoms with Gasteiger partial charge in [0.1, 0.15) is 0 Å². The summed E-state index contributed by atoms with van der Waals surface area (Å²) in [6.07, 6.45) is 2.28. The Kier molecular flexibility index (Phi) is 4.98. The first-order chi connectivity index (χ1) is 10.1. The van der Waals surface area contributed by atoms with Gasteiger partial charge in [0, 0.05) is 6.42 Å². The summed E-state index contributed by atoms with van der Waals surface area (Å²) in [5.74, 6) is 0.967. The summed E-state index contributed by atoms with van der Waals surface area (Å²) in [4.78, 5) is 0. The standard InChI is InChI=1S/C13H15ClN4O2S/c1-3-11-16-17-13(21)18(11)15-7-8-5-9(14)12(19)10(6-8)20-4-2/h5-7,19H,3-4H2,1-2H3,(H,17,21). The Bertz CT molecular complexity index is 723. The zero-order valence-electron chi connectivity index (χ0n) is 11.6. The summed E-state index contributed by atoms with van der Waals surface area (Å²) < 4.78 is 7.27. The van der Waals surface area contributed by atoms with Gasteiger partial charge in [0.05, 0.1) is 17.8 Å². The van der Waals surface area contributed by atoms with Crippen LogP contribution < -0.4 is 4.74 Å². The Balaban J connectivity index is 2.37. The van der Waals surface area contributed by atoms with Gasteiger partial charge >= 0.3 is 0 Å². The lowest BCUT2D eigenvalue weighted by atomic mass is 10.2. The molecule has 2 N–H and O–H groups in total. The third-order valence-electron chi connectivity index (χ3n) is 2.71. The molecule has 0 spiro atoms. The topological polar surface area (TPSA) is 75.4 Å². The molecule has 0 aliphatic rings. The molecular formula is C13H15ClN4O2S. The number of benzene rings is 1. The Morgan fingerprint density at radius 2 is 2.29 bits per heavy atom. The number of halogens is 1. The fourth-order valence-electron chi connectivity index (χ4n) is 1.73. The maximum Gasteiger partial charge on any atom is 0.216 e. The number of hydrogen-bond donors (Lipinski definition) is 2. The van der Waals surface area contributed by atoms with E-state index >= 15 is 0 Å². The number of phenols is 1. The van der Waals surface area contributed by atoms with Gasteiger partial charge in [-0.3, -0.25) is 5.10 Å². The van der Waals surface area contributed by atoms with E-state index < -0.39 is 0 Å². The molecule has 0 bridgehead atoms. The van der Waals surface area contributed by atoms with Crippen molar-refractivity contribution in [3.8, 4) is 11.5 Å². The molecule has 0 radical (unpaired) electrons. The molecular weight excluding hydrogens is 312 g/mol. The average molecular weight is 327 g/mol. The van der Waals surface area contributed by atoms with Crippen molar-refractivity contribution in [3.63, 3.8) is 0 Å². The third kappa shape index (κ3) is 3.43.